The lowest BCUT2D eigenvalue weighted by molar-refractivity contribution is 0.131. The average Bonchev–Trinajstić information content (AvgIpc) is 3.12. The van der Waals surface area contributed by atoms with Crippen LogP contribution in [0.3, 0.4) is 0 Å². The molecule has 0 spiro atoms. The fraction of sp³-hybridized carbons (Fsp3) is 0.650. The van der Waals surface area contributed by atoms with E-state index in [1.165, 1.54) is 5.56 Å². The minimum atomic E-state index is -0.0363. The van der Waals surface area contributed by atoms with Crippen LogP contribution in [0.5, 0.6) is 5.75 Å². The van der Waals surface area contributed by atoms with Gasteiger partial charge in [-0.05, 0) is 31.4 Å². The maximum Gasteiger partial charge on any atom is 0.191 e. The summed E-state index contributed by atoms with van der Waals surface area (Å²) in [5.74, 6) is 2.00. The lowest BCUT2D eigenvalue weighted by Crippen LogP contribution is -2.40. The van der Waals surface area contributed by atoms with Crippen LogP contribution in [-0.2, 0) is 4.74 Å². The van der Waals surface area contributed by atoms with Gasteiger partial charge in [0.1, 0.15) is 5.75 Å². The molecule has 1 fully saturated rings. The molecule has 1 aliphatic rings. The quantitative estimate of drug-likeness (QED) is 0.463. The number of nitrogens with zero attached hydrogens (tertiary/aromatic N) is 1. The highest BCUT2D eigenvalue weighted by molar-refractivity contribution is 5.79. The van der Waals surface area contributed by atoms with Crippen LogP contribution in [0.15, 0.2) is 29.3 Å². The van der Waals surface area contributed by atoms with E-state index in [-0.39, 0.29) is 17.9 Å². The van der Waals surface area contributed by atoms with Gasteiger partial charge in [-0.2, -0.15) is 0 Å². The second kappa shape index (κ2) is 10.4. The van der Waals surface area contributed by atoms with E-state index >= 15 is 0 Å². The number of aliphatic hydroxyl groups excluding tert-OH is 1. The summed E-state index contributed by atoms with van der Waals surface area (Å²) in [6, 6.07) is 8.11. The van der Waals surface area contributed by atoms with Gasteiger partial charge in [-0.3, -0.25) is 4.99 Å². The fourth-order valence-corrected chi connectivity index (χ4v) is 3.31. The van der Waals surface area contributed by atoms with Crippen molar-refractivity contribution in [1.82, 2.24) is 10.6 Å². The van der Waals surface area contributed by atoms with E-state index in [2.05, 4.69) is 30.5 Å². The number of hydrogen-bond acceptors (Lipinski definition) is 4. The van der Waals surface area contributed by atoms with Crippen LogP contribution in [0.2, 0.25) is 0 Å². The Bertz CT molecular complexity index is 571. The van der Waals surface area contributed by atoms with Crippen LogP contribution in [0, 0.1) is 5.41 Å². The summed E-state index contributed by atoms with van der Waals surface area (Å²) in [4.78, 5) is 4.77. The Morgan fingerprint density at radius 1 is 1.38 bits per heavy atom. The summed E-state index contributed by atoms with van der Waals surface area (Å²) in [7, 11) is 1.70. The molecule has 0 amide bonds. The van der Waals surface area contributed by atoms with Gasteiger partial charge in [0.2, 0.25) is 0 Å². The predicted octanol–water partition coefficient (Wildman–Crippen LogP) is 2.14. The van der Waals surface area contributed by atoms with Crippen molar-refractivity contribution in [1.29, 1.82) is 0 Å². The number of nitrogens with one attached hydrogen (secondary N) is 2. The summed E-state index contributed by atoms with van der Waals surface area (Å²) in [6.07, 6.45) is 1.68. The summed E-state index contributed by atoms with van der Waals surface area (Å²) in [5.41, 5.74) is 1.14. The molecular weight excluding hydrogens is 330 g/mol. The maximum absolute atomic E-state index is 9.36. The van der Waals surface area contributed by atoms with Crippen molar-refractivity contribution in [2.75, 3.05) is 46.6 Å². The van der Waals surface area contributed by atoms with Gasteiger partial charge in [-0.15, -0.1) is 0 Å². The van der Waals surface area contributed by atoms with Gasteiger partial charge in [-0.25, -0.2) is 0 Å². The average molecular weight is 364 g/mol. The molecule has 0 radical (unpaired) electrons. The molecular formula is C20H33N3O3. The van der Waals surface area contributed by atoms with Gasteiger partial charge in [-0.1, -0.05) is 25.1 Å². The Morgan fingerprint density at radius 3 is 2.85 bits per heavy atom. The number of hydrogen-bond donors (Lipinski definition) is 3. The number of aliphatic imine (C=N–C) groups is 1. The molecule has 1 heterocycles. The number of para-hydroxylation sites is 1. The Kier molecular flexibility index (Phi) is 8.19. The third-order valence-corrected chi connectivity index (χ3v) is 4.99. The van der Waals surface area contributed by atoms with E-state index in [9.17, 15) is 5.11 Å². The molecule has 2 atom stereocenters. The molecule has 1 aromatic rings. The first-order valence-electron chi connectivity index (χ1n) is 9.48. The highest BCUT2D eigenvalue weighted by Gasteiger charge is 2.34. The van der Waals surface area contributed by atoms with Crippen molar-refractivity contribution >= 4 is 5.96 Å². The molecule has 0 aliphatic carbocycles. The first kappa shape index (κ1) is 20.5. The lowest BCUT2D eigenvalue weighted by Gasteiger charge is -2.25. The minimum Gasteiger partial charge on any atom is -0.496 e. The van der Waals surface area contributed by atoms with Crippen LogP contribution < -0.4 is 15.4 Å². The van der Waals surface area contributed by atoms with E-state index in [1.807, 2.05) is 18.2 Å². The first-order chi connectivity index (χ1) is 12.6. The Hall–Kier alpha value is -1.79. The number of benzene rings is 1. The van der Waals surface area contributed by atoms with Crippen molar-refractivity contribution in [2.45, 2.75) is 32.6 Å². The van der Waals surface area contributed by atoms with Gasteiger partial charge in [0, 0.05) is 37.6 Å². The van der Waals surface area contributed by atoms with Crippen LogP contribution in [0.25, 0.3) is 0 Å². The number of guanidine groups is 1. The predicted molar refractivity (Wildman–Crippen MR) is 105 cm³/mol. The van der Waals surface area contributed by atoms with E-state index < -0.39 is 0 Å². The van der Waals surface area contributed by atoms with Crippen molar-refractivity contribution in [2.24, 2.45) is 10.4 Å². The molecule has 0 aromatic heterocycles. The number of ether oxygens (including phenoxy) is 2. The molecule has 2 rings (SSSR count). The molecule has 0 bridgehead atoms. The second-order valence-electron chi connectivity index (χ2n) is 7.00. The second-order valence-corrected chi connectivity index (χ2v) is 7.00. The number of rotatable bonds is 9. The van der Waals surface area contributed by atoms with Crippen LogP contribution in [-0.4, -0.2) is 57.6 Å². The molecule has 26 heavy (non-hydrogen) atoms. The van der Waals surface area contributed by atoms with Gasteiger partial charge >= 0.3 is 0 Å². The van der Waals surface area contributed by atoms with Gasteiger partial charge in [0.05, 0.1) is 20.3 Å². The zero-order valence-corrected chi connectivity index (χ0v) is 16.3. The summed E-state index contributed by atoms with van der Waals surface area (Å²) < 4.78 is 11.0. The van der Waals surface area contributed by atoms with Gasteiger partial charge in [0.25, 0.3) is 0 Å². The van der Waals surface area contributed by atoms with E-state index in [1.54, 1.807) is 7.11 Å². The topological polar surface area (TPSA) is 75.1 Å². The molecule has 1 aromatic carbocycles. The van der Waals surface area contributed by atoms with Crippen molar-refractivity contribution in [3.8, 4) is 5.75 Å². The van der Waals surface area contributed by atoms with E-state index in [0.717, 1.165) is 44.2 Å². The van der Waals surface area contributed by atoms with Crippen LogP contribution in [0.1, 0.15) is 38.2 Å². The molecule has 1 saturated heterocycles. The number of methoxy groups -OCH3 is 1. The maximum atomic E-state index is 9.36. The molecule has 2 unspecified atom stereocenters. The van der Waals surface area contributed by atoms with Gasteiger partial charge in [0.15, 0.2) is 5.96 Å². The van der Waals surface area contributed by atoms with Crippen LogP contribution >= 0.6 is 0 Å². The lowest BCUT2D eigenvalue weighted by atomic mass is 9.84. The molecule has 1 aliphatic heterocycles. The van der Waals surface area contributed by atoms with Crippen molar-refractivity contribution in [3.05, 3.63) is 29.8 Å². The van der Waals surface area contributed by atoms with E-state index in [4.69, 9.17) is 14.5 Å². The third kappa shape index (κ3) is 5.61. The van der Waals surface area contributed by atoms with Crippen molar-refractivity contribution < 1.29 is 14.6 Å². The summed E-state index contributed by atoms with van der Waals surface area (Å²) >= 11 is 0. The SMILES string of the molecule is CCNC(=NCC1(CCO)CCOC1)NCC(C)c1ccccc1OC. The summed E-state index contributed by atoms with van der Waals surface area (Å²) in [5, 5.41) is 16.1. The van der Waals surface area contributed by atoms with Gasteiger partial charge < -0.3 is 25.2 Å². The highest BCUT2D eigenvalue weighted by atomic mass is 16.5. The molecule has 146 valence electrons. The Morgan fingerprint density at radius 2 is 2.19 bits per heavy atom. The zero-order chi connectivity index (χ0) is 18.8. The minimum absolute atomic E-state index is 0.0363. The normalized spacial score (nSPS) is 21.5. The molecule has 6 nitrogen and oxygen atoms in total. The van der Waals surface area contributed by atoms with Crippen LogP contribution in [0.4, 0.5) is 0 Å². The Labute approximate surface area is 157 Å². The standard InChI is InChI=1S/C20H33N3O3/c1-4-21-19(23-14-20(9-11-24)10-12-26-15-20)22-13-16(2)17-7-5-6-8-18(17)25-3/h5-8,16,24H,4,9-15H2,1-3H3,(H2,21,22,23). The zero-order valence-electron chi connectivity index (χ0n) is 16.3. The molecule has 3 N–H and O–H groups in total. The first-order valence-corrected chi connectivity index (χ1v) is 9.48. The third-order valence-electron chi connectivity index (χ3n) is 4.99. The number of aliphatic hydroxyl groups is 1. The summed E-state index contributed by atoms with van der Waals surface area (Å²) in [6.45, 7) is 8.06. The van der Waals surface area contributed by atoms with E-state index in [0.29, 0.717) is 13.2 Å². The smallest absolute Gasteiger partial charge is 0.191 e. The molecule has 0 saturated carbocycles. The highest BCUT2D eigenvalue weighted by Crippen LogP contribution is 2.32. The van der Waals surface area contributed by atoms with Crippen molar-refractivity contribution in [3.63, 3.8) is 0 Å². The Balaban J connectivity index is 1.98. The monoisotopic (exact) mass is 363 g/mol. The molecule has 6 heteroatoms. The largest absolute Gasteiger partial charge is 0.496 e. The fourth-order valence-electron chi connectivity index (χ4n) is 3.31.